The van der Waals surface area contributed by atoms with Crippen LogP contribution in [0.25, 0.3) is 0 Å². The van der Waals surface area contributed by atoms with Crippen molar-refractivity contribution in [1.82, 2.24) is 4.31 Å². The maximum Gasteiger partial charge on any atom is 0.265 e. The van der Waals surface area contributed by atoms with Gasteiger partial charge >= 0.3 is 0 Å². The lowest BCUT2D eigenvalue weighted by Crippen LogP contribution is -2.34. The highest BCUT2D eigenvalue weighted by Crippen LogP contribution is 2.26. The van der Waals surface area contributed by atoms with E-state index >= 15 is 0 Å². The number of hydrogen-bond donors (Lipinski definition) is 0. The van der Waals surface area contributed by atoms with Gasteiger partial charge in [-0.05, 0) is 37.6 Å². The van der Waals surface area contributed by atoms with Gasteiger partial charge in [-0.2, -0.15) is 0 Å². The van der Waals surface area contributed by atoms with E-state index in [1.807, 2.05) is 44.2 Å². The second-order valence-electron chi connectivity index (χ2n) is 5.51. The topological polar surface area (TPSA) is 59.0 Å². The highest BCUT2D eigenvalue weighted by atomic mass is 32.2. The van der Waals surface area contributed by atoms with E-state index in [2.05, 4.69) is 4.99 Å². The van der Waals surface area contributed by atoms with E-state index in [1.165, 1.54) is 4.31 Å². The van der Waals surface area contributed by atoms with Crippen LogP contribution in [0.15, 0.2) is 58.4 Å². The van der Waals surface area contributed by atoms with Gasteiger partial charge in [0.2, 0.25) is 0 Å². The van der Waals surface area contributed by atoms with E-state index in [4.69, 9.17) is 4.74 Å². The van der Waals surface area contributed by atoms with Crippen LogP contribution < -0.4 is 4.74 Å². The van der Waals surface area contributed by atoms with Crippen molar-refractivity contribution in [2.45, 2.75) is 18.7 Å². The van der Waals surface area contributed by atoms with Gasteiger partial charge in [0.25, 0.3) is 10.0 Å². The third kappa shape index (κ3) is 3.01. The lowest BCUT2D eigenvalue weighted by molar-refractivity contribution is 0.337. The summed E-state index contributed by atoms with van der Waals surface area (Å²) in [5, 5.41) is 0. The first-order valence-electron chi connectivity index (χ1n) is 7.90. The van der Waals surface area contributed by atoms with Gasteiger partial charge in [0, 0.05) is 5.56 Å². The molecule has 0 bridgehead atoms. The Labute approximate surface area is 142 Å². The Balaban J connectivity index is 1.96. The summed E-state index contributed by atoms with van der Waals surface area (Å²) in [5.41, 5.74) is 1.61. The van der Waals surface area contributed by atoms with E-state index in [1.54, 1.807) is 18.2 Å². The summed E-state index contributed by atoms with van der Waals surface area (Å²) < 4.78 is 33.0. The molecule has 0 spiro atoms. The number of rotatable bonds is 5. The molecule has 0 unspecified atom stereocenters. The van der Waals surface area contributed by atoms with Crippen LogP contribution in [0.2, 0.25) is 0 Å². The summed E-state index contributed by atoms with van der Waals surface area (Å²) in [4.78, 5) is 4.65. The normalized spacial score (nSPS) is 14.6. The monoisotopic (exact) mass is 344 g/mol. The van der Waals surface area contributed by atoms with Crippen molar-refractivity contribution in [3.05, 3.63) is 59.7 Å². The number of ether oxygens (including phenoxy) is 1. The zero-order valence-corrected chi connectivity index (χ0v) is 14.6. The molecule has 0 saturated carbocycles. The molecule has 0 saturated heterocycles. The first-order valence-corrected chi connectivity index (χ1v) is 9.34. The summed E-state index contributed by atoms with van der Waals surface area (Å²) in [6, 6.07) is 14.3. The molecule has 0 atom stereocenters. The Morgan fingerprint density at radius 3 is 2.58 bits per heavy atom. The van der Waals surface area contributed by atoms with Crippen LogP contribution in [0.1, 0.15) is 18.1 Å². The zero-order valence-electron chi connectivity index (χ0n) is 13.8. The molecule has 3 rings (SSSR count). The number of benzene rings is 2. The van der Waals surface area contributed by atoms with Gasteiger partial charge in [-0.3, -0.25) is 4.99 Å². The Bertz CT molecular complexity index is 861. The Hall–Kier alpha value is -2.34. The number of hydrogen-bond acceptors (Lipinski definition) is 4. The van der Waals surface area contributed by atoms with Crippen LogP contribution in [-0.2, 0) is 10.0 Å². The van der Waals surface area contributed by atoms with Gasteiger partial charge in [-0.25, -0.2) is 12.7 Å². The van der Waals surface area contributed by atoms with Crippen molar-refractivity contribution < 1.29 is 13.2 Å². The number of sulfonamides is 1. The summed E-state index contributed by atoms with van der Waals surface area (Å²) >= 11 is 0. The van der Waals surface area contributed by atoms with E-state index in [0.717, 1.165) is 11.1 Å². The van der Waals surface area contributed by atoms with Crippen LogP contribution in [0.4, 0.5) is 0 Å². The summed E-state index contributed by atoms with van der Waals surface area (Å²) in [6.45, 7) is 5.12. The molecular weight excluding hydrogens is 324 g/mol. The summed E-state index contributed by atoms with van der Waals surface area (Å²) in [6.07, 6.45) is 0. The molecule has 2 aromatic carbocycles. The second-order valence-corrected chi connectivity index (χ2v) is 7.37. The molecule has 2 aromatic rings. The fourth-order valence-electron chi connectivity index (χ4n) is 2.72. The highest BCUT2D eigenvalue weighted by molar-refractivity contribution is 7.89. The van der Waals surface area contributed by atoms with Gasteiger partial charge in [0.15, 0.2) is 0 Å². The van der Waals surface area contributed by atoms with Crippen molar-refractivity contribution in [2.75, 3.05) is 19.7 Å². The van der Waals surface area contributed by atoms with Crippen LogP contribution in [0.3, 0.4) is 0 Å². The summed E-state index contributed by atoms with van der Waals surface area (Å²) in [5.74, 6) is 1.21. The molecule has 0 amide bonds. The van der Waals surface area contributed by atoms with Gasteiger partial charge in [-0.1, -0.05) is 30.3 Å². The molecular formula is C18H20N2O3S. The fraction of sp³-hybridized carbons (Fsp3) is 0.278. The average Bonchev–Trinajstić information content (AvgIpc) is 3.08. The number of aryl methyl sites for hydroxylation is 1. The molecule has 24 heavy (non-hydrogen) atoms. The molecule has 0 aromatic heterocycles. The van der Waals surface area contributed by atoms with Gasteiger partial charge < -0.3 is 4.74 Å². The minimum Gasteiger partial charge on any atom is -0.494 e. The number of nitrogens with zero attached hydrogens (tertiary/aromatic N) is 2. The molecule has 126 valence electrons. The number of amidine groups is 1. The van der Waals surface area contributed by atoms with E-state index in [0.29, 0.717) is 31.3 Å². The van der Waals surface area contributed by atoms with Crippen molar-refractivity contribution >= 4 is 15.9 Å². The van der Waals surface area contributed by atoms with Crippen molar-refractivity contribution in [2.24, 2.45) is 4.99 Å². The lowest BCUT2D eigenvalue weighted by atomic mass is 10.2. The molecule has 1 heterocycles. The second kappa shape index (κ2) is 6.65. The van der Waals surface area contributed by atoms with Gasteiger partial charge in [0.05, 0.1) is 24.6 Å². The molecule has 0 fully saturated rings. The average molecular weight is 344 g/mol. The molecule has 0 aliphatic carbocycles. The largest absolute Gasteiger partial charge is 0.494 e. The van der Waals surface area contributed by atoms with E-state index in [-0.39, 0.29) is 4.90 Å². The Morgan fingerprint density at radius 1 is 1.17 bits per heavy atom. The number of aliphatic imine (C=N–C) groups is 1. The molecule has 1 aliphatic heterocycles. The van der Waals surface area contributed by atoms with Crippen LogP contribution in [-0.4, -0.2) is 38.3 Å². The third-order valence-electron chi connectivity index (χ3n) is 3.87. The Kier molecular flexibility index (Phi) is 4.57. The minimum atomic E-state index is -3.64. The molecule has 6 heteroatoms. The third-order valence-corrected chi connectivity index (χ3v) is 5.65. The quantitative estimate of drug-likeness (QED) is 0.838. The lowest BCUT2D eigenvalue weighted by Gasteiger charge is -2.21. The minimum absolute atomic E-state index is 0.258. The zero-order chi connectivity index (χ0) is 17.2. The van der Waals surface area contributed by atoms with Crippen LogP contribution >= 0.6 is 0 Å². The molecule has 0 radical (unpaired) electrons. The van der Waals surface area contributed by atoms with Gasteiger partial charge in [0.1, 0.15) is 11.6 Å². The fourth-order valence-corrected chi connectivity index (χ4v) is 4.25. The maximum absolute atomic E-state index is 13.0. The first-order chi connectivity index (χ1) is 11.5. The van der Waals surface area contributed by atoms with Crippen LogP contribution in [0, 0.1) is 6.92 Å². The molecule has 5 nitrogen and oxygen atoms in total. The predicted octanol–water partition coefficient (Wildman–Crippen LogP) is 2.84. The summed E-state index contributed by atoms with van der Waals surface area (Å²) in [7, 11) is -3.64. The van der Waals surface area contributed by atoms with E-state index in [9.17, 15) is 8.42 Å². The van der Waals surface area contributed by atoms with Gasteiger partial charge in [-0.15, -0.1) is 0 Å². The molecule has 1 aliphatic rings. The van der Waals surface area contributed by atoms with Crippen LogP contribution in [0.5, 0.6) is 5.75 Å². The molecule has 0 N–H and O–H groups in total. The first kappa shape index (κ1) is 16.5. The standard InChI is InChI=1S/C18H20N2O3S/c1-3-23-17-10-9-16(13-14(17)2)24(21,22)20-12-11-19-18(20)15-7-5-4-6-8-15/h4-10,13H,3,11-12H2,1-2H3. The predicted molar refractivity (Wildman–Crippen MR) is 94.1 cm³/mol. The van der Waals surface area contributed by atoms with Crippen molar-refractivity contribution in [3.8, 4) is 5.75 Å². The smallest absolute Gasteiger partial charge is 0.265 e. The van der Waals surface area contributed by atoms with Crippen molar-refractivity contribution in [1.29, 1.82) is 0 Å². The maximum atomic E-state index is 13.0. The van der Waals surface area contributed by atoms with E-state index < -0.39 is 10.0 Å². The SMILES string of the molecule is CCOc1ccc(S(=O)(=O)N2CCN=C2c2ccccc2)cc1C. The Morgan fingerprint density at radius 2 is 1.92 bits per heavy atom. The highest BCUT2D eigenvalue weighted by Gasteiger charge is 2.31. The van der Waals surface area contributed by atoms with Crippen molar-refractivity contribution in [3.63, 3.8) is 0 Å².